The Morgan fingerprint density at radius 3 is 2.59 bits per heavy atom. The molecule has 3 rings (SSSR count). The number of carbonyl (C=O) groups is 1. The van der Waals surface area contributed by atoms with Gasteiger partial charge in [-0.1, -0.05) is 30.3 Å². The molecule has 0 aliphatic carbocycles. The van der Waals surface area contributed by atoms with Gasteiger partial charge in [0, 0.05) is 13.1 Å². The van der Waals surface area contributed by atoms with Crippen molar-refractivity contribution in [3.8, 4) is 0 Å². The number of aliphatic carboxylic acids is 1. The maximum Gasteiger partial charge on any atom is 0.307 e. The van der Waals surface area contributed by atoms with Crippen LogP contribution in [0.3, 0.4) is 0 Å². The van der Waals surface area contributed by atoms with Gasteiger partial charge < -0.3 is 5.11 Å². The Morgan fingerprint density at radius 1 is 1.15 bits per heavy atom. The van der Waals surface area contributed by atoms with Crippen molar-refractivity contribution in [2.45, 2.75) is 24.2 Å². The van der Waals surface area contributed by atoms with Gasteiger partial charge in [-0.25, -0.2) is 12.8 Å². The van der Waals surface area contributed by atoms with Crippen molar-refractivity contribution in [1.29, 1.82) is 0 Å². The van der Waals surface area contributed by atoms with Gasteiger partial charge in [0.25, 0.3) is 0 Å². The molecule has 0 amide bonds. The van der Waals surface area contributed by atoms with Crippen molar-refractivity contribution < 1.29 is 22.7 Å². The molecule has 0 atom stereocenters. The third-order valence-corrected chi connectivity index (χ3v) is 6.31. The van der Waals surface area contributed by atoms with Crippen LogP contribution in [0.15, 0.2) is 59.5 Å². The number of benzene rings is 2. The summed E-state index contributed by atoms with van der Waals surface area (Å²) in [6, 6.07) is 12.0. The van der Waals surface area contributed by atoms with Gasteiger partial charge in [-0.2, -0.15) is 4.31 Å². The molecular weight excluding hydrogens is 369 g/mol. The molecule has 5 nitrogen and oxygen atoms in total. The molecule has 2 aromatic carbocycles. The number of rotatable bonds is 5. The fraction of sp³-hybridized carbons (Fsp3) is 0.250. The number of sulfonamides is 1. The molecule has 0 saturated carbocycles. The van der Waals surface area contributed by atoms with E-state index < -0.39 is 21.8 Å². The summed E-state index contributed by atoms with van der Waals surface area (Å²) in [5.41, 5.74) is 2.32. The lowest BCUT2D eigenvalue weighted by molar-refractivity contribution is -0.136. The number of hydrogen-bond donors (Lipinski definition) is 1. The lowest BCUT2D eigenvalue weighted by Crippen LogP contribution is -2.32. The second-order valence-electron chi connectivity index (χ2n) is 6.43. The zero-order chi connectivity index (χ0) is 19.4. The summed E-state index contributed by atoms with van der Waals surface area (Å²) < 4.78 is 40.4. The van der Waals surface area contributed by atoms with Crippen molar-refractivity contribution in [3.63, 3.8) is 0 Å². The first kappa shape index (κ1) is 19.3. The number of carboxylic acid groups (broad SMARTS) is 1. The minimum atomic E-state index is -3.74. The predicted octanol–water partition coefficient (Wildman–Crippen LogP) is 3.32. The minimum Gasteiger partial charge on any atom is -0.481 e. The topological polar surface area (TPSA) is 74.7 Å². The molecule has 1 aliphatic heterocycles. The van der Waals surface area contributed by atoms with Gasteiger partial charge in [-0.05, 0) is 53.8 Å². The molecule has 0 saturated heterocycles. The van der Waals surface area contributed by atoms with Crippen LogP contribution in [0.1, 0.15) is 24.0 Å². The maximum absolute atomic E-state index is 13.1. The summed E-state index contributed by atoms with van der Waals surface area (Å²) >= 11 is 0. The van der Waals surface area contributed by atoms with Crippen molar-refractivity contribution in [1.82, 2.24) is 4.31 Å². The van der Waals surface area contributed by atoms with E-state index in [4.69, 9.17) is 5.11 Å². The van der Waals surface area contributed by atoms with Gasteiger partial charge >= 0.3 is 5.97 Å². The van der Waals surface area contributed by atoms with Gasteiger partial charge in [0.1, 0.15) is 5.82 Å². The van der Waals surface area contributed by atoms with Crippen molar-refractivity contribution >= 4 is 21.6 Å². The summed E-state index contributed by atoms with van der Waals surface area (Å²) in [6.45, 7) is 0.560. The van der Waals surface area contributed by atoms with E-state index in [1.807, 2.05) is 12.1 Å². The van der Waals surface area contributed by atoms with Crippen LogP contribution in [-0.2, 0) is 21.2 Å². The van der Waals surface area contributed by atoms with Crippen LogP contribution >= 0.6 is 0 Å². The highest BCUT2D eigenvalue weighted by atomic mass is 32.2. The highest BCUT2D eigenvalue weighted by Gasteiger charge is 2.26. The number of nitrogens with zero attached hydrogens (tertiary/aromatic N) is 1. The first-order valence-corrected chi connectivity index (χ1v) is 10.1. The average Bonchev–Trinajstić information content (AvgIpc) is 2.88. The SMILES string of the molecule is O=C(O)Cc1cccc(C2=CCCCN(S(=O)(=O)c3ccc(F)cc3)C2)c1. The van der Waals surface area contributed by atoms with E-state index in [-0.39, 0.29) is 17.9 Å². The van der Waals surface area contributed by atoms with Crippen molar-refractivity contribution in [2.75, 3.05) is 13.1 Å². The Kier molecular flexibility index (Phi) is 5.72. The molecule has 1 heterocycles. The fourth-order valence-corrected chi connectivity index (χ4v) is 4.56. The predicted molar refractivity (Wildman–Crippen MR) is 100 cm³/mol. The summed E-state index contributed by atoms with van der Waals surface area (Å²) in [7, 11) is -3.74. The summed E-state index contributed by atoms with van der Waals surface area (Å²) in [5.74, 6) is -1.40. The van der Waals surface area contributed by atoms with E-state index in [0.717, 1.165) is 29.7 Å². The third-order valence-electron chi connectivity index (χ3n) is 4.45. The third kappa shape index (κ3) is 4.61. The summed E-state index contributed by atoms with van der Waals surface area (Å²) in [5, 5.41) is 8.98. The fourth-order valence-electron chi connectivity index (χ4n) is 3.10. The molecule has 1 aliphatic rings. The lowest BCUT2D eigenvalue weighted by Gasteiger charge is -2.22. The van der Waals surface area contributed by atoms with Crippen LogP contribution < -0.4 is 0 Å². The molecule has 0 radical (unpaired) electrons. The molecule has 0 aromatic heterocycles. The Bertz CT molecular complexity index is 968. The molecule has 1 N–H and O–H groups in total. The molecule has 0 fully saturated rings. The molecular formula is C20H20FNO4S. The monoisotopic (exact) mass is 389 g/mol. The molecule has 0 spiro atoms. The minimum absolute atomic E-state index is 0.0600. The van der Waals surface area contributed by atoms with Crippen LogP contribution in [0, 0.1) is 5.82 Å². The molecule has 0 unspecified atom stereocenters. The summed E-state index contributed by atoms with van der Waals surface area (Å²) in [4.78, 5) is 11.0. The highest BCUT2D eigenvalue weighted by molar-refractivity contribution is 7.89. The van der Waals surface area contributed by atoms with Crippen molar-refractivity contribution in [3.05, 3.63) is 71.6 Å². The van der Waals surface area contributed by atoms with E-state index in [1.54, 1.807) is 18.2 Å². The largest absolute Gasteiger partial charge is 0.481 e. The molecule has 0 bridgehead atoms. The molecule has 2 aromatic rings. The van der Waals surface area contributed by atoms with E-state index in [1.165, 1.54) is 16.4 Å². The normalized spacial score (nSPS) is 15.8. The van der Waals surface area contributed by atoms with Gasteiger partial charge in [0.2, 0.25) is 10.0 Å². The van der Waals surface area contributed by atoms with Crippen LogP contribution in [0.25, 0.3) is 5.57 Å². The number of hydrogen-bond acceptors (Lipinski definition) is 3. The zero-order valence-corrected chi connectivity index (χ0v) is 15.5. The van der Waals surface area contributed by atoms with Crippen LogP contribution in [0.2, 0.25) is 0 Å². The number of carboxylic acids is 1. The first-order chi connectivity index (χ1) is 12.9. The van der Waals surface area contributed by atoms with Crippen LogP contribution in [-0.4, -0.2) is 36.9 Å². The van der Waals surface area contributed by atoms with Gasteiger partial charge in [-0.15, -0.1) is 0 Å². The number of allylic oxidation sites excluding steroid dienone is 1. The van der Waals surface area contributed by atoms with E-state index in [2.05, 4.69) is 0 Å². The Morgan fingerprint density at radius 2 is 1.89 bits per heavy atom. The standard InChI is InChI=1S/C20H20FNO4S/c21-18-7-9-19(10-8-18)27(25,26)22-11-2-1-5-17(14-22)16-6-3-4-15(12-16)13-20(23)24/h3-10,12H,1-2,11,13-14H2,(H,23,24). The highest BCUT2D eigenvalue weighted by Crippen LogP contribution is 2.26. The first-order valence-electron chi connectivity index (χ1n) is 8.62. The lowest BCUT2D eigenvalue weighted by atomic mass is 10.0. The Hall–Kier alpha value is -2.51. The second-order valence-corrected chi connectivity index (χ2v) is 8.37. The van der Waals surface area contributed by atoms with Gasteiger partial charge in [-0.3, -0.25) is 4.79 Å². The molecule has 142 valence electrons. The zero-order valence-electron chi connectivity index (χ0n) is 14.6. The van der Waals surface area contributed by atoms with Crippen LogP contribution in [0.5, 0.6) is 0 Å². The number of halogens is 1. The average molecular weight is 389 g/mol. The smallest absolute Gasteiger partial charge is 0.307 e. The van der Waals surface area contributed by atoms with Crippen molar-refractivity contribution in [2.24, 2.45) is 0 Å². The van der Waals surface area contributed by atoms with Crippen LogP contribution in [0.4, 0.5) is 4.39 Å². The Labute approximate surface area is 157 Å². The van der Waals surface area contributed by atoms with E-state index in [9.17, 15) is 17.6 Å². The van der Waals surface area contributed by atoms with Gasteiger partial charge in [0.15, 0.2) is 0 Å². The quantitative estimate of drug-likeness (QED) is 0.851. The second kappa shape index (κ2) is 8.02. The Balaban J connectivity index is 1.88. The summed E-state index contributed by atoms with van der Waals surface area (Å²) in [6.07, 6.45) is 3.32. The van der Waals surface area contributed by atoms with E-state index >= 15 is 0 Å². The van der Waals surface area contributed by atoms with E-state index in [0.29, 0.717) is 18.5 Å². The molecule has 7 heteroatoms. The molecule has 27 heavy (non-hydrogen) atoms. The maximum atomic E-state index is 13.1. The van der Waals surface area contributed by atoms with Gasteiger partial charge in [0.05, 0.1) is 11.3 Å².